The molecule has 1 N–H and O–H groups in total. The Morgan fingerprint density at radius 2 is 1.39 bits per heavy atom. The van der Waals surface area contributed by atoms with Gasteiger partial charge in [-0.25, -0.2) is 13.9 Å². The van der Waals surface area contributed by atoms with Crippen molar-refractivity contribution >= 4 is 13.8 Å². The second-order valence-corrected chi connectivity index (χ2v) is 12.1. The fraction of sp³-hybridized carbons (Fsp3) is 0.806. The van der Waals surface area contributed by atoms with Crippen molar-refractivity contribution in [3.63, 3.8) is 0 Å². The molecule has 1 unspecified atom stereocenters. The number of carbonyl (C=O) groups is 1. The van der Waals surface area contributed by atoms with Crippen molar-refractivity contribution in [3.8, 4) is 0 Å². The third-order valence-electron chi connectivity index (χ3n) is 7.09. The number of hydrogen-bond acceptors (Lipinski definition) is 7. The summed E-state index contributed by atoms with van der Waals surface area (Å²) in [6.45, 7) is 3.25. The van der Waals surface area contributed by atoms with Gasteiger partial charge in [0, 0.05) is 19.8 Å². The van der Waals surface area contributed by atoms with Gasteiger partial charge in [0.2, 0.25) is 0 Å². The Morgan fingerprint density at radius 1 is 0.829 bits per heavy atom. The van der Waals surface area contributed by atoms with Gasteiger partial charge in [-0.05, 0) is 12.5 Å². The molecule has 9 nitrogen and oxygen atoms in total. The second-order valence-electron chi connectivity index (χ2n) is 10.7. The SMILES string of the molecule is CCCCCCCCCCCCCCCCCCOC[C@H](COP(=O)(O)OCC[n+]1cccc(C(=O)OC)c1)OC. The van der Waals surface area contributed by atoms with Gasteiger partial charge in [0.15, 0.2) is 18.9 Å². The van der Waals surface area contributed by atoms with E-state index >= 15 is 0 Å². The average molecular weight is 603 g/mol. The number of phosphoric ester groups is 1. The first-order chi connectivity index (χ1) is 19.9. The lowest BCUT2D eigenvalue weighted by atomic mass is 10.0. The first-order valence-corrected chi connectivity index (χ1v) is 17.2. The molecule has 0 bridgehead atoms. The molecule has 1 heterocycles. The van der Waals surface area contributed by atoms with E-state index in [1.54, 1.807) is 29.1 Å². The van der Waals surface area contributed by atoms with Crippen LogP contribution in [0, 0.1) is 0 Å². The lowest BCUT2D eigenvalue weighted by Gasteiger charge is -2.18. The quantitative estimate of drug-likeness (QED) is 0.0465. The van der Waals surface area contributed by atoms with Gasteiger partial charge in [-0.3, -0.25) is 9.05 Å². The summed E-state index contributed by atoms with van der Waals surface area (Å²) in [5.41, 5.74) is 0.376. The van der Waals surface area contributed by atoms with E-state index in [2.05, 4.69) is 6.92 Å². The van der Waals surface area contributed by atoms with Gasteiger partial charge in [0.1, 0.15) is 18.3 Å². The van der Waals surface area contributed by atoms with Crippen LogP contribution in [0.5, 0.6) is 0 Å². The molecule has 0 radical (unpaired) electrons. The van der Waals surface area contributed by atoms with Gasteiger partial charge < -0.3 is 19.1 Å². The Balaban J connectivity index is 1.99. The van der Waals surface area contributed by atoms with Gasteiger partial charge in [0.05, 0.1) is 20.3 Å². The van der Waals surface area contributed by atoms with E-state index in [1.165, 1.54) is 104 Å². The average Bonchev–Trinajstić information content (AvgIpc) is 2.97. The highest BCUT2D eigenvalue weighted by Crippen LogP contribution is 2.43. The van der Waals surface area contributed by atoms with Crippen molar-refractivity contribution in [2.45, 2.75) is 122 Å². The summed E-state index contributed by atoms with van der Waals surface area (Å²) < 4.78 is 39.7. The van der Waals surface area contributed by atoms with E-state index < -0.39 is 19.9 Å². The summed E-state index contributed by atoms with van der Waals surface area (Å²) in [7, 11) is -1.43. The lowest BCUT2D eigenvalue weighted by molar-refractivity contribution is -0.697. The minimum Gasteiger partial charge on any atom is -0.465 e. The van der Waals surface area contributed by atoms with Crippen molar-refractivity contribution in [1.82, 2.24) is 0 Å². The Morgan fingerprint density at radius 3 is 1.93 bits per heavy atom. The first kappa shape index (κ1) is 37.7. The zero-order valence-corrected chi connectivity index (χ0v) is 26.8. The molecular weight excluding hydrogens is 545 g/mol. The maximum absolute atomic E-state index is 12.2. The van der Waals surface area contributed by atoms with Crippen molar-refractivity contribution in [1.29, 1.82) is 0 Å². The van der Waals surface area contributed by atoms with Crippen LogP contribution in [0.2, 0.25) is 0 Å². The summed E-state index contributed by atoms with van der Waals surface area (Å²) in [5.74, 6) is -0.459. The summed E-state index contributed by atoms with van der Waals surface area (Å²) in [4.78, 5) is 21.6. The molecule has 41 heavy (non-hydrogen) atoms. The molecule has 0 amide bonds. The summed E-state index contributed by atoms with van der Waals surface area (Å²) in [5, 5.41) is 0. The van der Waals surface area contributed by atoms with Crippen LogP contribution in [0.3, 0.4) is 0 Å². The minimum absolute atomic E-state index is 0.0729. The third-order valence-corrected chi connectivity index (χ3v) is 8.07. The van der Waals surface area contributed by atoms with Gasteiger partial charge in [-0.2, -0.15) is 0 Å². The maximum Gasteiger partial charge on any atom is 0.472 e. The van der Waals surface area contributed by atoms with E-state index in [0.29, 0.717) is 12.2 Å². The van der Waals surface area contributed by atoms with E-state index in [1.807, 2.05) is 0 Å². The molecule has 2 atom stereocenters. The molecular formula is C31H57NO8P+. The van der Waals surface area contributed by atoms with Crippen molar-refractivity contribution in [3.05, 3.63) is 30.1 Å². The molecule has 0 aliphatic heterocycles. The number of esters is 1. The van der Waals surface area contributed by atoms with Gasteiger partial charge in [-0.1, -0.05) is 103 Å². The number of pyridine rings is 1. The second kappa shape index (κ2) is 25.2. The molecule has 1 aromatic heterocycles. The summed E-state index contributed by atoms with van der Waals surface area (Å²) >= 11 is 0. The first-order valence-electron chi connectivity index (χ1n) is 15.7. The standard InChI is InChI=1S/C31H56NO8P/c1-4-5-6-7-8-9-10-11-12-13-14-15-16-17-18-19-24-38-27-30(36-2)28-40-41(34,35)39-25-23-32-22-20-21-29(26-32)31(33)37-3/h20-22,26,30H,4-19,23-25,27-28H2,1-3H3/p+1/t30-/m1/s1. The number of phosphoric acid groups is 1. The summed E-state index contributed by atoms with van der Waals surface area (Å²) in [6.07, 6.45) is 24.1. The molecule has 0 aliphatic rings. The van der Waals surface area contributed by atoms with Crippen LogP contribution in [0.15, 0.2) is 24.5 Å². The van der Waals surface area contributed by atoms with E-state index in [4.69, 9.17) is 23.3 Å². The van der Waals surface area contributed by atoms with Crippen LogP contribution in [-0.2, 0) is 34.4 Å². The molecule has 0 aliphatic carbocycles. The fourth-order valence-corrected chi connectivity index (χ4v) is 5.27. The van der Waals surface area contributed by atoms with Gasteiger partial charge in [-0.15, -0.1) is 0 Å². The highest BCUT2D eigenvalue weighted by atomic mass is 31.2. The molecule has 0 fully saturated rings. The Labute approximate surface area is 248 Å². The number of nitrogens with zero attached hydrogens (tertiary/aromatic N) is 1. The van der Waals surface area contributed by atoms with Crippen LogP contribution in [0.4, 0.5) is 0 Å². The predicted octanol–water partition coefficient (Wildman–Crippen LogP) is 7.19. The highest BCUT2D eigenvalue weighted by molar-refractivity contribution is 7.47. The molecule has 0 saturated heterocycles. The van der Waals surface area contributed by atoms with Gasteiger partial charge in [0.25, 0.3) is 0 Å². The smallest absolute Gasteiger partial charge is 0.465 e. The molecule has 0 saturated carbocycles. The zero-order valence-electron chi connectivity index (χ0n) is 25.9. The van der Waals surface area contributed by atoms with E-state index in [0.717, 1.165) is 12.8 Å². The molecule has 238 valence electrons. The highest BCUT2D eigenvalue weighted by Gasteiger charge is 2.24. The topological polar surface area (TPSA) is 104 Å². The molecule has 0 spiro atoms. The van der Waals surface area contributed by atoms with Crippen molar-refractivity contribution < 1.29 is 42.1 Å². The molecule has 1 rings (SSSR count). The van der Waals surface area contributed by atoms with Crippen molar-refractivity contribution in [2.75, 3.05) is 40.6 Å². The van der Waals surface area contributed by atoms with Crippen LogP contribution in [0.25, 0.3) is 0 Å². The number of ether oxygens (including phenoxy) is 3. The number of hydrogen-bond donors (Lipinski definition) is 1. The number of rotatable bonds is 28. The number of carbonyl (C=O) groups excluding carboxylic acids is 1. The third kappa shape index (κ3) is 21.1. The lowest BCUT2D eigenvalue weighted by Crippen LogP contribution is -2.36. The number of unbranched alkanes of at least 4 members (excludes halogenated alkanes) is 15. The zero-order chi connectivity index (χ0) is 30.0. The van der Waals surface area contributed by atoms with Crippen LogP contribution >= 0.6 is 7.82 Å². The van der Waals surface area contributed by atoms with Gasteiger partial charge >= 0.3 is 13.8 Å². The number of methoxy groups -OCH3 is 2. The Bertz CT molecular complexity index is 825. The molecule has 0 aromatic carbocycles. The van der Waals surface area contributed by atoms with E-state index in [9.17, 15) is 14.3 Å². The van der Waals surface area contributed by atoms with Crippen LogP contribution < -0.4 is 4.57 Å². The Kier molecular flexibility index (Phi) is 23.1. The van der Waals surface area contributed by atoms with Crippen LogP contribution in [0.1, 0.15) is 120 Å². The van der Waals surface area contributed by atoms with E-state index in [-0.39, 0.29) is 26.4 Å². The molecule has 1 aromatic rings. The van der Waals surface area contributed by atoms with Crippen LogP contribution in [-0.4, -0.2) is 57.6 Å². The number of aromatic nitrogens is 1. The summed E-state index contributed by atoms with van der Waals surface area (Å²) in [6, 6.07) is 3.31. The largest absolute Gasteiger partial charge is 0.472 e. The van der Waals surface area contributed by atoms with Crippen molar-refractivity contribution in [2.24, 2.45) is 0 Å². The monoisotopic (exact) mass is 602 g/mol. The predicted molar refractivity (Wildman–Crippen MR) is 161 cm³/mol. The fourth-order valence-electron chi connectivity index (χ4n) is 4.53. The minimum atomic E-state index is -4.25. The normalized spacial score (nSPS) is 13.7. The maximum atomic E-state index is 12.2. The Hall–Kier alpha value is -1.35. The molecule has 10 heteroatoms.